The highest BCUT2D eigenvalue weighted by atomic mass is 16.5. The minimum Gasteiger partial charge on any atom is -0.496 e. The molecule has 5 nitrogen and oxygen atoms in total. The molecule has 0 amide bonds. The Balaban J connectivity index is 2.11. The van der Waals surface area contributed by atoms with Crippen LogP contribution in [-0.2, 0) is 18.4 Å². The van der Waals surface area contributed by atoms with Gasteiger partial charge in [-0.3, -0.25) is 4.68 Å². The van der Waals surface area contributed by atoms with Crippen LogP contribution in [0.4, 0.5) is 0 Å². The molecule has 0 aliphatic rings. The summed E-state index contributed by atoms with van der Waals surface area (Å²) in [4.78, 5) is 0. The summed E-state index contributed by atoms with van der Waals surface area (Å²) in [5.74, 6) is 0.859. The van der Waals surface area contributed by atoms with Gasteiger partial charge in [-0.25, -0.2) is 0 Å². The highest BCUT2D eigenvalue weighted by Gasteiger charge is 2.14. The van der Waals surface area contributed by atoms with Gasteiger partial charge in [0, 0.05) is 43.6 Å². The lowest BCUT2D eigenvalue weighted by molar-refractivity contribution is 0.181. The molecular formula is C17H25N3O2. The number of aryl methyl sites for hydroxylation is 1. The smallest absolute Gasteiger partial charge is 0.124 e. The van der Waals surface area contributed by atoms with Gasteiger partial charge in [0.05, 0.1) is 19.9 Å². The third kappa shape index (κ3) is 3.87. The van der Waals surface area contributed by atoms with Crippen LogP contribution in [0.2, 0.25) is 0 Å². The van der Waals surface area contributed by atoms with Crippen molar-refractivity contribution in [3.05, 3.63) is 47.3 Å². The van der Waals surface area contributed by atoms with Gasteiger partial charge in [-0.05, 0) is 31.5 Å². The van der Waals surface area contributed by atoms with Crippen molar-refractivity contribution >= 4 is 0 Å². The summed E-state index contributed by atoms with van der Waals surface area (Å²) in [7, 11) is 5.30. The van der Waals surface area contributed by atoms with E-state index in [0.29, 0.717) is 6.61 Å². The molecule has 120 valence electrons. The molecule has 1 aromatic heterocycles. The van der Waals surface area contributed by atoms with E-state index < -0.39 is 0 Å². The molecule has 0 aliphatic heterocycles. The average Bonchev–Trinajstić information content (AvgIpc) is 2.94. The van der Waals surface area contributed by atoms with Crippen LogP contribution in [0.15, 0.2) is 30.6 Å². The Bertz CT molecular complexity index is 610. The highest BCUT2D eigenvalue weighted by Crippen LogP contribution is 2.25. The van der Waals surface area contributed by atoms with Crippen LogP contribution >= 0.6 is 0 Å². The van der Waals surface area contributed by atoms with Crippen LogP contribution in [0.1, 0.15) is 42.6 Å². The fourth-order valence-electron chi connectivity index (χ4n) is 2.57. The molecular weight excluding hydrogens is 278 g/mol. The molecule has 1 heterocycles. The van der Waals surface area contributed by atoms with E-state index in [-0.39, 0.29) is 12.1 Å². The first kappa shape index (κ1) is 16.5. The van der Waals surface area contributed by atoms with E-state index in [1.54, 1.807) is 14.2 Å². The zero-order valence-electron chi connectivity index (χ0n) is 14.0. The minimum atomic E-state index is 0.219. The van der Waals surface area contributed by atoms with Crippen LogP contribution in [0.3, 0.4) is 0 Å². The van der Waals surface area contributed by atoms with E-state index in [2.05, 4.69) is 36.4 Å². The third-order valence-corrected chi connectivity index (χ3v) is 3.83. The molecule has 0 aliphatic carbocycles. The maximum atomic E-state index is 5.37. The predicted octanol–water partition coefficient (Wildman–Crippen LogP) is 2.99. The number of nitrogens with one attached hydrogen (secondary N) is 1. The van der Waals surface area contributed by atoms with Gasteiger partial charge in [-0.2, -0.15) is 5.10 Å². The topological polar surface area (TPSA) is 48.3 Å². The molecule has 2 aromatic rings. The number of aromatic nitrogens is 2. The highest BCUT2D eigenvalue weighted by molar-refractivity contribution is 5.38. The Morgan fingerprint density at radius 1 is 1.18 bits per heavy atom. The summed E-state index contributed by atoms with van der Waals surface area (Å²) in [5, 5.41) is 7.82. The predicted molar refractivity (Wildman–Crippen MR) is 86.9 cm³/mol. The molecule has 5 heteroatoms. The number of nitrogens with zero attached hydrogens (tertiary/aromatic N) is 2. The van der Waals surface area contributed by atoms with E-state index in [1.807, 2.05) is 30.2 Å². The van der Waals surface area contributed by atoms with Crippen LogP contribution in [0.5, 0.6) is 5.75 Å². The molecule has 0 saturated carbocycles. The average molecular weight is 303 g/mol. The summed E-state index contributed by atoms with van der Waals surface area (Å²) in [6.45, 7) is 4.85. The SMILES string of the molecule is COCc1cc([C@@H](C)N[C@@H](C)c2cnn(C)c2)ccc1OC. The monoisotopic (exact) mass is 303 g/mol. The fourth-order valence-corrected chi connectivity index (χ4v) is 2.57. The molecule has 0 fully saturated rings. The van der Waals surface area contributed by atoms with E-state index in [9.17, 15) is 0 Å². The first-order valence-corrected chi connectivity index (χ1v) is 7.45. The maximum Gasteiger partial charge on any atom is 0.124 e. The van der Waals surface area contributed by atoms with Crippen molar-refractivity contribution in [3.63, 3.8) is 0 Å². The Hall–Kier alpha value is -1.85. The first-order chi connectivity index (χ1) is 10.5. The minimum absolute atomic E-state index is 0.219. The Labute approximate surface area is 132 Å². The van der Waals surface area contributed by atoms with Crippen molar-refractivity contribution in [2.75, 3.05) is 14.2 Å². The van der Waals surface area contributed by atoms with Gasteiger partial charge in [0.2, 0.25) is 0 Å². The summed E-state index contributed by atoms with van der Waals surface area (Å²) >= 11 is 0. The number of ether oxygens (including phenoxy) is 2. The second kappa shape index (κ2) is 7.42. The normalized spacial score (nSPS) is 13.9. The first-order valence-electron chi connectivity index (χ1n) is 7.45. The lowest BCUT2D eigenvalue weighted by Gasteiger charge is -2.21. The molecule has 1 aromatic carbocycles. The van der Waals surface area contributed by atoms with Gasteiger partial charge in [-0.15, -0.1) is 0 Å². The molecule has 0 radical (unpaired) electrons. The molecule has 0 bridgehead atoms. The summed E-state index contributed by atoms with van der Waals surface area (Å²) in [5.41, 5.74) is 3.45. The lowest BCUT2D eigenvalue weighted by atomic mass is 10.0. The molecule has 0 spiro atoms. The zero-order valence-corrected chi connectivity index (χ0v) is 14.0. The summed E-state index contributed by atoms with van der Waals surface area (Å²) in [6, 6.07) is 6.67. The maximum absolute atomic E-state index is 5.37. The van der Waals surface area contributed by atoms with Crippen molar-refractivity contribution in [2.45, 2.75) is 32.5 Å². The number of rotatable bonds is 7. The van der Waals surface area contributed by atoms with Gasteiger partial charge in [0.25, 0.3) is 0 Å². The van der Waals surface area contributed by atoms with Crippen LogP contribution < -0.4 is 10.1 Å². The second-order valence-corrected chi connectivity index (χ2v) is 5.56. The number of hydrogen-bond donors (Lipinski definition) is 1. The van der Waals surface area contributed by atoms with Crippen LogP contribution in [0, 0.1) is 0 Å². The third-order valence-electron chi connectivity index (χ3n) is 3.83. The van der Waals surface area contributed by atoms with Crippen molar-refractivity contribution in [1.82, 2.24) is 15.1 Å². The zero-order chi connectivity index (χ0) is 16.1. The van der Waals surface area contributed by atoms with E-state index >= 15 is 0 Å². The second-order valence-electron chi connectivity index (χ2n) is 5.56. The summed E-state index contributed by atoms with van der Waals surface area (Å²) < 4.78 is 12.4. The van der Waals surface area contributed by atoms with Crippen LogP contribution in [0.25, 0.3) is 0 Å². The molecule has 2 rings (SSSR count). The van der Waals surface area contributed by atoms with Crippen molar-refractivity contribution in [2.24, 2.45) is 7.05 Å². The standard InChI is InChI=1S/C17H25N3O2/c1-12(19-13(2)16-9-18-20(3)10-16)14-6-7-17(22-5)15(8-14)11-21-4/h6-10,12-13,19H,11H2,1-5H3/t12-,13+/m1/s1. The van der Waals surface area contributed by atoms with Gasteiger partial charge >= 0.3 is 0 Å². The Kier molecular flexibility index (Phi) is 5.57. The van der Waals surface area contributed by atoms with Crippen molar-refractivity contribution in [3.8, 4) is 5.75 Å². The van der Waals surface area contributed by atoms with Gasteiger partial charge in [0.15, 0.2) is 0 Å². The van der Waals surface area contributed by atoms with Crippen LogP contribution in [-0.4, -0.2) is 24.0 Å². The van der Waals surface area contributed by atoms with E-state index in [0.717, 1.165) is 11.3 Å². The fraction of sp³-hybridized carbons (Fsp3) is 0.471. The van der Waals surface area contributed by atoms with Crippen molar-refractivity contribution < 1.29 is 9.47 Å². The number of methoxy groups -OCH3 is 2. The Morgan fingerprint density at radius 3 is 2.50 bits per heavy atom. The number of hydrogen-bond acceptors (Lipinski definition) is 4. The lowest BCUT2D eigenvalue weighted by Crippen LogP contribution is -2.22. The van der Waals surface area contributed by atoms with E-state index in [4.69, 9.17) is 9.47 Å². The number of benzene rings is 1. The van der Waals surface area contributed by atoms with Gasteiger partial charge in [0.1, 0.15) is 5.75 Å². The molecule has 22 heavy (non-hydrogen) atoms. The molecule has 1 N–H and O–H groups in total. The molecule has 2 atom stereocenters. The molecule has 0 saturated heterocycles. The van der Waals surface area contributed by atoms with Crippen molar-refractivity contribution in [1.29, 1.82) is 0 Å². The largest absolute Gasteiger partial charge is 0.496 e. The van der Waals surface area contributed by atoms with E-state index in [1.165, 1.54) is 11.1 Å². The Morgan fingerprint density at radius 2 is 1.91 bits per heavy atom. The quantitative estimate of drug-likeness (QED) is 0.854. The van der Waals surface area contributed by atoms with Gasteiger partial charge in [-0.1, -0.05) is 6.07 Å². The van der Waals surface area contributed by atoms with Gasteiger partial charge < -0.3 is 14.8 Å². The summed E-state index contributed by atoms with van der Waals surface area (Å²) in [6.07, 6.45) is 3.93. The molecule has 0 unspecified atom stereocenters.